The van der Waals surface area contributed by atoms with Crippen LogP contribution >= 0.6 is 12.2 Å². The van der Waals surface area contributed by atoms with Gasteiger partial charge < -0.3 is 15.4 Å². The second kappa shape index (κ2) is 7.01. The van der Waals surface area contributed by atoms with E-state index in [2.05, 4.69) is 41.8 Å². The standard InChI is InChI=1S/C19H20N2O2S/c1-3-6-15-16(18(22)23-2)17(21-19(24)20-15)14-10-9-12-7-4-5-8-13(12)11-14/h4-5,7-11,17H,3,6H2,1-2H3,(H2,20,21,24)/t17-/m1/s1. The maximum absolute atomic E-state index is 12.4. The Labute approximate surface area is 146 Å². The van der Waals surface area contributed by atoms with Crippen LogP contribution < -0.4 is 10.6 Å². The summed E-state index contributed by atoms with van der Waals surface area (Å²) in [4.78, 5) is 12.4. The van der Waals surface area contributed by atoms with Gasteiger partial charge in [-0.05, 0) is 41.0 Å². The number of ether oxygens (including phenoxy) is 1. The average molecular weight is 340 g/mol. The van der Waals surface area contributed by atoms with E-state index in [9.17, 15) is 4.79 Å². The highest BCUT2D eigenvalue weighted by Gasteiger charge is 2.31. The van der Waals surface area contributed by atoms with Crippen LogP contribution in [0.1, 0.15) is 31.4 Å². The summed E-state index contributed by atoms with van der Waals surface area (Å²) in [6.45, 7) is 2.07. The smallest absolute Gasteiger partial charge is 0.337 e. The van der Waals surface area contributed by atoms with Crippen LogP contribution in [0.15, 0.2) is 53.7 Å². The van der Waals surface area contributed by atoms with Gasteiger partial charge in [-0.3, -0.25) is 0 Å². The average Bonchev–Trinajstić information content (AvgIpc) is 2.60. The van der Waals surface area contributed by atoms with Gasteiger partial charge in [0.05, 0.1) is 18.7 Å². The lowest BCUT2D eigenvalue weighted by Crippen LogP contribution is -2.45. The Hall–Kier alpha value is -2.40. The third-order valence-corrected chi connectivity index (χ3v) is 4.39. The molecule has 1 aliphatic rings. The zero-order valence-electron chi connectivity index (χ0n) is 13.8. The number of hydrogen-bond donors (Lipinski definition) is 2. The van der Waals surface area contributed by atoms with Crippen LogP contribution in [0.25, 0.3) is 10.8 Å². The molecule has 1 atom stereocenters. The maximum atomic E-state index is 12.4. The lowest BCUT2D eigenvalue weighted by atomic mass is 9.92. The predicted octanol–water partition coefficient (Wildman–Crippen LogP) is 3.59. The highest BCUT2D eigenvalue weighted by molar-refractivity contribution is 7.80. The van der Waals surface area contributed by atoms with Crippen molar-refractivity contribution in [1.82, 2.24) is 10.6 Å². The van der Waals surface area contributed by atoms with Crippen molar-refractivity contribution >= 4 is 34.1 Å². The molecule has 0 aromatic heterocycles. The normalized spacial score (nSPS) is 17.4. The Morgan fingerprint density at radius 1 is 1.21 bits per heavy atom. The Balaban J connectivity index is 2.11. The fourth-order valence-corrected chi connectivity index (χ4v) is 3.29. The van der Waals surface area contributed by atoms with E-state index >= 15 is 0 Å². The molecular weight excluding hydrogens is 320 g/mol. The van der Waals surface area contributed by atoms with Gasteiger partial charge in [-0.25, -0.2) is 4.79 Å². The molecular formula is C19H20N2O2S. The van der Waals surface area contributed by atoms with Crippen molar-refractivity contribution in [1.29, 1.82) is 0 Å². The molecule has 0 aliphatic carbocycles. The number of allylic oxidation sites excluding steroid dienone is 1. The second-order valence-electron chi connectivity index (χ2n) is 5.77. The van der Waals surface area contributed by atoms with E-state index in [-0.39, 0.29) is 12.0 Å². The number of carbonyl (C=O) groups is 1. The van der Waals surface area contributed by atoms with Gasteiger partial charge in [-0.1, -0.05) is 49.7 Å². The Morgan fingerprint density at radius 2 is 1.96 bits per heavy atom. The van der Waals surface area contributed by atoms with Gasteiger partial charge in [0.25, 0.3) is 0 Å². The number of thiocarbonyl (C=S) groups is 1. The molecule has 0 unspecified atom stereocenters. The van der Waals surface area contributed by atoms with Crippen molar-refractivity contribution < 1.29 is 9.53 Å². The van der Waals surface area contributed by atoms with E-state index in [4.69, 9.17) is 17.0 Å². The number of nitrogens with one attached hydrogen (secondary N) is 2. The summed E-state index contributed by atoms with van der Waals surface area (Å²) < 4.78 is 5.02. The molecule has 5 heteroatoms. The zero-order chi connectivity index (χ0) is 17.1. The van der Waals surface area contributed by atoms with Crippen LogP contribution in [0, 0.1) is 0 Å². The number of rotatable bonds is 4. The van der Waals surface area contributed by atoms with Gasteiger partial charge in [0.15, 0.2) is 5.11 Å². The van der Waals surface area contributed by atoms with Crippen molar-refractivity contribution in [2.45, 2.75) is 25.8 Å². The molecule has 2 aromatic carbocycles. The Morgan fingerprint density at radius 3 is 2.67 bits per heavy atom. The van der Waals surface area contributed by atoms with Crippen LogP contribution in [0.3, 0.4) is 0 Å². The molecule has 0 fully saturated rings. The van der Waals surface area contributed by atoms with Gasteiger partial charge in [-0.2, -0.15) is 0 Å². The van der Waals surface area contributed by atoms with Gasteiger partial charge in [-0.15, -0.1) is 0 Å². The fraction of sp³-hybridized carbons (Fsp3) is 0.263. The second-order valence-corrected chi connectivity index (χ2v) is 6.18. The summed E-state index contributed by atoms with van der Waals surface area (Å²) >= 11 is 5.34. The van der Waals surface area contributed by atoms with Crippen molar-refractivity contribution in [2.24, 2.45) is 0 Å². The molecule has 1 aliphatic heterocycles. The Bertz CT molecular complexity index is 829. The van der Waals surface area contributed by atoms with Crippen LogP contribution in [0.2, 0.25) is 0 Å². The van der Waals surface area contributed by atoms with Crippen molar-refractivity contribution in [3.8, 4) is 0 Å². The molecule has 0 radical (unpaired) electrons. The number of esters is 1. The lowest BCUT2D eigenvalue weighted by Gasteiger charge is -2.31. The van der Waals surface area contributed by atoms with Gasteiger partial charge >= 0.3 is 5.97 Å². The topological polar surface area (TPSA) is 50.4 Å². The first-order valence-corrected chi connectivity index (χ1v) is 8.42. The number of hydrogen-bond acceptors (Lipinski definition) is 3. The van der Waals surface area contributed by atoms with Gasteiger partial charge in [0.2, 0.25) is 0 Å². The molecule has 124 valence electrons. The summed E-state index contributed by atoms with van der Waals surface area (Å²) in [7, 11) is 1.41. The molecule has 2 N–H and O–H groups in total. The minimum Gasteiger partial charge on any atom is -0.466 e. The Kier molecular flexibility index (Phi) is 4.81. The summed E-state index contributed by atoms with van der Waals surface area (Å²) in [5.41, 5.74) is 2.43. The van der Waals surface area contributed by atoms with Crippen molar-refractivity contribution in [2.75, 3.05) is 7.11 Å². The van der Waals surface area contributed by atoms with Crippen LogP contribution in [-0.4, -0.2) is 18.2 Å². The molecule has 24 heavy (non-hydrogen) atoms. The summed E-state index contributed by atoms with van der Waals surface area (Å²) in [5, 5.41) is 9.15. The van der Waals surface area contributed by atoms with E-state index in [1.807, 2.05) is 18.2 Å². The molecule has 1 heterocycles. The quantitative estimate of drug-likeness (QED) is 0.658. The highest BCUT2D eigenvalue weighted by Crippen LogP contribution is 2.31. The number of methoxy groups -OCH3 is 1. The molecule has 0 bridgehead atoms. The predicted molar refractivity (Wildman–Crippen MR) is 99.5 cm³/mol. The first kappa shape index (κ1) is 16.5. The largest absolute Gasteiger partial charge is 0.466 e. The van der Waals surface area contributed by atoms with E-state index < -0.39 is 0 Å². The first-order valence-electron chi connectivity index (χ1n) is 8.01. The minimum absolute atomic E-state index is 0.308. The highest BCUT2D eigenvalue weighted by atomic mass is 32.1. The lowest BCUT2D eigenvalue weighted by molar-refractivity contribution is -0.136. The van der Waals surface area contributed by atoms with Crippen molar-refractivity contribution in [3.05, 3.63) is 59.3 Å². The number of fused-ring (bicyclic) bond motifs is 1. The maximum Gasteiger partial charge on any atom is 0.337 e. The first-order chi connectivity index (χ1) is 11.6. The molecule has 0 spiro atoms. The number of benzene rings is 2. The molecule has 0 saturated heterocycles. The third kappa shape index (κ3) is 3.12. The van der Waals surface area contributed by atoms with Crippen LogP contribution in [0.4, 0.5) is 0 Å². The molecule has 0 saturated carbocycles. The molecule has 4 nitrogen and oxygen atoms in total. The minimum atomic E-state index is -0.334. The van der Waals surface area contributed by atoms with Gasteiger partial charge in [0.1, 0.15) is 0 Å². The number of carbonyl (C=O) groups excluding carboxylic acids is 1. The molecule has 0 amide bonds. The molecule has 2 aromatic rings. The van der Waals surface area contributed by atoms with E-state index in [0.29, 0.717) is 10.7 Å². The van der Waals surface area contributed by atoms with Crippen LogP contribution in [-0.2, 0) is 9.53 Å². The monoisotopic (exact) mass is 340 g/mol. The summed E-state index contributed by atoms with van der Waals surface area (Å²) in [6, 6.07) is 14.0. The van der Waals surface area contributed by atoms with Crippen molar-refractivity contribution in [3.63, 3.8) is 0 Å². The SMILES string of the molecule is CCCC1=C(C(=O)OC)[C@@H](c2ccc3ccccc3c2)NC(=S)N1. The van der Waals surface area contributed by atoms with Crippen LogP contribution in [0.5, 0.6) is 0 Å². The zero-order valence-corrected chi connectivity index (χ0v) is 14.6. The fourth-order valence-electron chi connectivity index (χ4n) is 3.05. The van der Waals surface area contributed by atoms with E-state index in [1.54, 1.807) is 0 Å². The van der Waals surface area contributed by atoms with E-state index in [0.717, 1.165) is 34.9 Å². The molecule has 3 rings (SSSR count). The summed E-state index contributed by atoms with van der Waals surface area (Å²) in [6.07, 6.45) is 1.66. The van der Waals surface area contributed by atoms with E-state index in [1.165, 1.54) is 7.11 Å². The third-order valence-electron chi connectivity index (χ3n) is 4.17. The summed E-state index contributed by atoms with van der Waals surface area (Å²) in [5.74, 6) is -0.334. The van der Waals surface area contributed by atoms with Gasteiger partial charge in [0, 0.05) is 5.70 Å².